The van der Waals surface area contributed by atoms with Gasteiger partial charge >= 0.3 is 0 Å². The largest absolute Gasteiger partial charge is 0.396 e. The zero-order valence-electron chi connectivity index (χ0n) is 21.9. The van der Waals surface area contributed by atoms with Gasteiger partial charge in [-0.3, -0.25) is 9.69 Å². The number of benzene rings is 2. The normalized spacial score (nSPS) is 20.3. The highest BCUT2D eigenvalue weighted by atomic mass is 16.5. The van der Waals surface area contributed by atoms with Crippen molar-refractivity contribution >= 4 is 22.4 Å². The summed E-state index contributed by atoms with van der Waals surface area (Å²) in [6.45, 7) is 12.6. The maximum atomic E-state index is 13.9. The fourth-order valence-electron chi connectivity index (χ4n) is 6.40. The molecule has 0 bridgehead atoms. The van der Waals surface area contributed by atoms with Crippen molar-refractivity contribution in [3.05, 3.63) is 63.8 Å². The SMILES string of the molecule is CCc1cc2c(cc1N1CCN(CC3(CO)COC3)CC1)C(C)(C)c1[nH]c3cc(C#N)ccc3c1C2=O. The Bertz CT molecular complexity index is 1430. The lowest BCUT2D eigenvalue weighted by Crippen LogP contribution is -2.57. The molecule has 2 N–H and O–H groups in total. The van der Waals surface area contributed by atoms with E-state index in [0.717, 1.165) is 72.4 Å². The number of carbonyl (C=O) groups is 1. The third-order valence-electron chi connectivity index (χ3n) is 8.72. The first-order chi connectivity index (χ1) is 17.8. The molecule has 7 heteroatoms. The van der Waals surface area contributed by atoms with Gasteiger partial charge in [0.05, 0.1) is 42.4 Å². The minimum atomic E-state index is -0.384. The molecule has 3 aliphatic rings. The summed E-state index contributed by atoms with van der Waals surface area (Å²) in [7, 11) is 0. The number of aryl methyl sites for hydroxylation is 1. The Labute approximate surface area is 217 Å². The molecule has 37 heavy (non-hydrogen) atoms. The second-order valence-corrected chi connectivity index (χ2v) is 11.5. The highest BCUT2D eigenvalue weighted by Gasteiger charge is 2.42. The highest BCUT2D eigenvalue weighted by Crippen LogP contribution is 2.46. The van der Waals surface area contributed by atoms with Crippen LogP contribution in [0.2, 0.25) is 0 Å². The second-order valence-electron chi connectivity index (χ2n) is 11.5. The molecule has 192 valence electrons. The molecule has 2 fully saturated rings. The van der Waals surface area contributed by atoms with Gasteiger partial charge in [-0.1, -0.05) is 26.8 Å². The molecular weight excluding hydrogens is 464 g/mol. The number of ketones is 1. The van der Waals surface area contributed by atoms with E-state index in [4.69, 9.17) is 4.74 Å². The summed E-state index contributed by atoms with van der Waals surface area (Å²) in [4.78, 5) is 22.3. The Kier molecular flexibility index (Phi) is 5.68. The van der Waals surface area contributed by atoms with Crippen molar-refractivity contribution in [1.29, 1.82) is 5.26 Å². The third kappa shape index (κ3) is 3.70. The number of ether oxygens (including phenoxy) is 1. The van der Waals surface area contributed by atoms with E-state index in [1.165, 1.54) is 11.3 Å². The number of nitrogens with zero attached hydrogens (tertiary/aromatic N) is 3. The first-order valence-corrected chi connectivity index (χ1v) is 13.2. The number of nitriles is 1. The summed E-state index contributed by atoms with van der Waals surface area (Å²) >= 11 is 0. The molecule has 1 aromatic heterocycles. The van der Waals surface area contributed by atoms with Crippen LogP contribution in [-0.2, 0) is 16.6 Å². The monoisotopic (exact) mass is 498 g/mol. The molecule has 2 aliphatic heterocycles. The molecular formula is C30H34N4O3. The quantitative estimate of drug-likeness (QED) is 0.559. The Balaban J connectivity index is 1.34. The van der Waals surface area contributed by atoms with Crippen LogP contribution in [0, 0.1) is 16.7 Å². The maximum absolute atomic E-state index is 13.9. The van der Waals surface area contributed by atoms with E-state index in [-0.39, 0.29) is 23.2 Å². The van der Waals surface area contributed by atoms with Gasteiger partial charge in [-0.05, 0) is 41.8 Å². The third-order valence-corrected chi connectivity index (χ3v) is 8.72. The van der Waals surface area contributed by atoms with Gasteiger partial charge in [-0.15, -0.1) is 0 Å². The number of aromatic nitrogens is 1. The molecule has 0 radical (unpaired) electrons. The molecule has 7 nitrogen and oxygen atoms in total. The van der Waals surface area contributed by atoms with Crippen LogP contribution in [0.25, 0.3) is 10.9 Å². The second kappa shape index (κ2) is 8.70. The predicted molar refractivity (Wildman–Crippen MR) is 143 cm³/mol. The van der Waals surface area contributed by atoms with Crippen LogP contribution in [0.4, 0.5) is 5.69 Å². The standard InChI is InChI=1S/C30H34N4O3/c1-4-20-12-22-23(13-25(20)34-9-7-33(8-10-34)15-30(16-35)17-37-18-30)29(2,3)28-26(27(22)36)21-6-5-19(14-31)11-24(21)32-28/h5-6,11-13,32,35H,4,7-10,15-18H2,1-3H3. The molecule has 0 spiro atoms. The fraction of sp³-hybridized carbons (Fsp3) is 0.467. The van der Waals surface area contributed by atoms with Crippen molar-refractivity contribution in [3.8, 4) is 6.07 Å². The summed E-state index contributed by atoms with van der Waals surface area (Å²) in [6.07, 6.45) is 0.855. The molecule has 3 heterocycles. The predicted octanol–water partition coefficient (Wildman–Crippen LogP) is 3.60. The van der Waals surface area contributed by atoms with E-state index < -0.39 is 0 Å². The molecule has 0 atom stereocenters. The average Bonchev–Trinajstić information content (AvgIpc) is 3.29. The van der Waals surface area contributed by atoms with Crippen LogP contribution in [0.3, 0.4) is 0 Å². The molecule has 0 saturated carbocycles. The van der Waals surface area contributed by atoms with Gasteiger partial charge in [0.25, 0.3) is 0 Å². The number of anilines is 1. The van der Waals surface area contributed by atoms with Gasteiger partial charge in [-0.2, -0.15) is 5.26 Å². The first-order valence-electron chi connectivity index (χ1n) is 13.2. The van der Waals surface area contributed by atoms with E-state index in [2.05, 4.69) is 53.8 Å². The zero-order valence-corrected chi connectivity index (χ0v) is 21.9. The van der Waals surface area contributed by atoms with Gasteiger partial charge in [-0.25, -0.2) is 0 Å². The van der Waals surface area contributed by atoms with Crippen LogP contribution in [0.1, 0.15) is 59.1 Å². The molecule has 1 aliphatic carbocycles. The van der Waals surface area contributed by atoms with Crippen molar-refractivity contribution < 1.29 is 14.6 Å². The lowest BCUT2D eigenvalue weighted by Gasteiger charge is -2.46. The molecule has 2 aromatic carbocycles. The van der Waals surface area contributed by atoms with Gasteiger partial charge < -0.3 is 19.7 Å². The Morgan fingerprint density at radius 2 is 1.89 bits per heavy atom. The number of aliphatic hydroxyl groups is 1. The van der Waals surface area contributed by atoms with E-state index in [9.17, 15) is 15.2 Å². The lowest BCUT2D eigenvalue weighted by molar-refractivity contribution is -0.148. The average molecular weight is 499 g/mol. The number of piperazine rings is 1. The van der Waals surface area contributed by atoms with E-state index in [0.29, 0.717) is 18.8 Å². The summed E-state index contributed by atoms with van der Waals surface area (Å²) < 4.78 is 5.39. The number of hydrogen-bond acceptors (Lipinski definition) is 6. The topological polar surface area (TPSA) is 92.6 Å². The van der Waals surface area contributed by atoms with Crippen LogP contribution in [0.5, 0.6) is 0 Å². The zero-order chi connectivity index (χ0) is 25.9. The number of rotatable bonds is 5. The summed E-state index contributed by atoms with van der Waals surface area (Å²) in [5, 5.41) is 20.1. The number of aliphatic hydroxyl groups excluding tert-OH is 1. The summed E-state index contributed by atoms with van der Waals surface area (Å²) in [6, 6.07) is 12.1. The van der Waals surface area contributed by atoms with E-state index >= 15 is 0 Å². The number of fused-ring (bicyclic) bond motifs is 4. The van der Waals surface area contributed by atoms with Crippen molar-refractivity contribution in [2.24, 2.45) is 5.41 Å². The van der Waals surface area contributed by atoms with Crippen LogP contribution in [-0.4, -0.2) is 73.3 Å². The first kappa shape index (κ1) is 24.2. The molecule has 6 rings (SSSR count). The summed E-state index contributed by atoms with van der Waals surface area (Å²) in [5.74, 6) is 0.0587. The molecule has 0 amide bonds. The molecule has 3 aromatic rings. The van der Waals surface area contributed by atoms with E-state index in [1.807, 2.05) is 12.1 Å². The fourth-order valence-corrected chi connectivity index (χ4v) is 6.40. The van der Waals surface area contributed by atoms with Gasteiger partial charge in [0, 0.05) is 66.0 Å². The molecule has 2 saturated heterocycles. The summed E-state index contributed by atoms with van der Waals surface area (Å²) in [5.41, 5.74) is 6.85. The number of carbonyl (C=O) groups excluding carboxylic acids is 1. The van der Waals surface area contributed by atoms with Crippen molar-refractivity contribution in [2.75, 3.05) is 57.4 Å². The number of hydrogen-bond donors (Lipinski definition) is 2. The lowest BCUT2D eigenvalue weighted by atomic mass is 9.70. The highest BCUT2D eigenvalue weighted by molar-refractivity contribution is 6.20. The molecule has 0 unspecified atom stereocenters. The Morgan fingerprint density at radius 3 is 2.51 bits per heavy atom. The van der Waals surface area contributed by atoms with Crippen molar-refractivity contribution in [3.63, 3.8) is 0 Å². The van der Waals surface area contributed by atoms with E-state index in [1.54, 1.807) is 6.07 Å². The number of H-pyrrole nitrogens is 1. The number of nitrogens with one attached hydrogen (secondary N) is 1. The maximum Gasteiger partial charge on any atom is 0.195 e. The van der Waals surface area contributed by atoms with Crippen LogP contribution < -0.4 is 4.90 Å². The van der Waals surface area contributed by atoms with Crippen LogP contribution >= 0.6 is 0 Å². The van der Waals surface area contributed by atoms with Crippen molar-refractivity contribution in [1.82, 2.24) is 9.88 Å². The Hall–Kier alpha value is -3.18. The Morgan fingerprint density at radius 1 is 1.14 bits per heavy atom. The van der Waals surface area contributed by atoms with Crippen molar-refractivity contribution in [2.45, 2.75) is 32.6 Å². The minimum absolute atomic E-state index is 0.0587. The smallest absolute Gasteiger partial charge is 0.195 e. The van der Waals surface area contributed by atoms with Gasteiger partial charge in [0.1, 0.15) is 0 Å². The minimum Gasteiger partial charge on any atom is -0.396 e. The van der Waals surface area contributed by atoms with Gasteiger partial charge in [0.15, 0.2) is 5.78 Å². The van der Waals surface area contributed by atoms with Crippen LogP contribution in [0.15, 0.2) is 30.3 Å². The number of aromatic amines is 1. The van der Waals surface area contributed by atoms with Gasteiger partial charge in [0.2, 0.25) is 0 Å².